The van der Waals surface area contributed by atoms with Crippen molar-refractivity contribution < 1.29 is 30.9 Å². The van der Waals surface area contributed by atoms with Crippen molar-refractivity contribution in [3.8, 4) is 0 Å². The number of halogens is 5. The lowest BCUT2D eigenvalue weighted by atomic mass is 10.0. The van der Waals surface area contributed by atoms with Gasteiger partial charge in [0.15, 0.2) is 0 Å². The van der Waals surface area contributed by atoms with Gasteiger partial charge in [-0.1, -0.05) is 6.92 Å². The SMILES string of the molecule is CCN(C[C@H](N)c1cc(F)cc(C(F)(F)F)c1)S(=O)(=O)c1ccc([N+](=O)[O-])cc1.Cl. The Bertz CT molecular complexity index is 1000. The Balaban J connectivity index is 0.00000450. The molecule has 2 aromatic carbocycles. The highest BCUT2D eigenvalue weighted by atomic mass is 35.5. The first-order valence-electron chi connectivity index (χ1n) is 8.24. The second-order valence-electron chi connectivity index (χ2n) is 6.08. The Labute approximate surface area is 176 Å². The highest BCUT2D eigenvalue weighted by molar-refractivity contribution is 7.89. The molecule has 0 aromatic heterocycles. The molecule has 0 bridgehead atoms. The van der Waals surface area contributed by atoms with Crippen molar-refractivity contribution in [3.05, 3.63) is 69.5 Å². The van der Waals surface area contributed by atoms with E-state index in [0.717, 1.165) is 34.6 Å². The van der Waals surface area contributed by atoms with Gasteiger partial charge in [0.1, 0.15) is 5.82 Å². The van der Waals surface area contributed by atoms with Crippen LogP contribution >= 0.6 is 12.4 Å². The van der Waals surface area contributed by atoms with Gasteiger partial charge in [-0.15, -0.1) is 12.4 Å². The maximum Gasteiger partial charge on any atom is 0.416 e. The molecule has 166 valence electrons. The van der Waals surface area contributed by atoms with Crippen LogP contribution in [0.5, 0.6) is 0 Å². The van der Waals surface area contributed by atoms with E-state index in [2.05, 4.69) is 0 Å². The van der Waals surface area contributed by atoms with Gasteiger partial charge in [0.05, 0.1) is 15.4 Å². The number of nitro groups is 1. The quantitative estimate of drug-likeness (QED) is 0.374. The summed E-state index contributed by atoms with van der Waals surface area (Å²) in [7, 11) is -4.13. The van der Waals surface area contributed by atoms with Gasteiger partial charge >= 0.3 is 6.18 Å². The lowest BCUT2D eigenvalue weighted by Gasteiger charge is -2.24. The molecule has 30 heavy (non-hydrogen) atoms. The predicted octanol–water partition coefficient (Wildman–Crippen LogP) is 3.89. The number of nitrogens with zero attached hydrogens (tertiary/aromatic N) is 2. The summed E-state index contributed by atoms with van der Waals surface area (Å²) >= 11 is 0. The molecule has 2 rings (SSSR count). The molecule has 0 amide bonds. The highest BCUT2D eigenvalue weighted by Gasteiger charge is 2.32. The summed E-state index contributed by atoms with van der Waals surface area (Å²) in [5, 5.41) is 10.7. The van der Waals surface area contributed by atoms with Crippen LogP contribution in [0.3, 0.4) is 0 Å². The van der Waals surface area contributed by atoms with E-state index in [1.54, 1.807) is 0 Å². The van der Waals surface area contributed by atoms with Crippen LogP contribution in [0.4, 0.5) is 23.2 Å². The van der Waals surface area contributed by atoms with Crippen LogP contribution in [0.15, 0.2) is 47.4 Å². The van der Waals surface area contributed by atoms with Crippen molar-refractivity contribution in [2.24, 2.45) is 5.73 Å². The summed E-state index contributed by atoms with van der Waals surface area (Å²) in [6, 6.07) is 4.69. The number of nitrogens with two attached hydrogens (primary N) is 1. The van der Waals surface area contributed by atoms with Gasteiger partial charge in [-0.2, -0.15) is 17.5 Å². The molecule has 0 aliphatic rings. The van der Waals surface area contributed by atoms with Crippen molar-refractivity contribution in [2.45, 2.75) is 24.0 Å². The first kappa shape index (κ1) is 25.8. The molecule has 0 spiro atoms. The van der Waals surface area contributed by atoms with E-state index in [-0.39, 0.29) is 35.1 Å². The average Bonchev–Trinajstić information content (AvgIpc) is 2.64. The minimum atomic E-state index is -4.79. The number of non-ortho nitro benzene ring substituents is 1. The van der Waals surface area contributed by atoms with Crippen LogP contribution in [0.1, 0.15) is 24.1 Å². The maximum absolute atomic E-state index is 13.6. The summed E-state index contributed by atoms with van der Waals surface area (Å²) in [5.74, 6) is -1.15. The van der Waals surface area contributed by atoms with E-state index in [1.165, 1.54) is 6.92 Å². The van der Waals surface area contributed by atoms with Gasteiger partial charge in [-0.05, 0) is 35.9 Å². The molecule has 0 aliphatic carbocycles. The van der Waals surface area contributed by atoms with Crippen molar-refractivity contribution in [3.63, 3.8) is 0 Å². The molecular formula is C17H18ClF4N3O4S. The molecule has 13 heteroatoms. The average molecular weight is 472 g/mol. The molecule has 7 nitrogen and oxygen atoms in total. The lowest BCUT2D eigenvalue weighted by Crippen LogP contribution is -2.37. The Kier molecular flexibility index (Phi) is 8.32. The fraction of sp³-hybridized carbons (Fsp3) is 0.294. The summed E-state index contributed by atoms with van der Waals surface area (Å²) in [4.78, 5) is 9.77. The number of nitro benzene ring substituents is 1. The van der Waals surface area contributed by atoms with Crippen LogP contribution < -0.4 is 5.73 Å². The number of hydrogen-bond donors (Lipinski definition) is 1. The predicted molar refractivity (Wildman–Crippen MR) is 103 cm³/mol. The zero-order chi connectivity index (χ0) is 22.0. The monoisotopic (exact) mass is 471 g/mol. The standard InChI is InChI=1S/C17H17F4N3O4S.ClH/c1-2-23(29(27,28)15-5-3-14(4-6-15)24(25)26)10-16(22)11-7-12(17(19,20)21)9-13(18)8-11;/h3-9,16H,2,10,22H2,1H3;1H/t16-;/m0./s1. The van der Waals surface area contributed by atoms with E-state index in [1.807, 2.05) is 0 Å². The molecule has 0 unspecified atom stereocenters. The Morgan fingerprint density at radius 3 is 2.20 bits per heavy atom. The third kappa shape index (κ3) is 5.88. The number of alkyl halides is 3. The Hall–Kier alpha value is -2.28. The molecule has 2 aromatic rings. The van der Waals surface area contributed by atoms with Gasteiger partial charge in [-0.25, -0.2) is 12.8 Å². The fourth-order valence-electron chi connectivity index (χ4n) is 2.60. The summed E-state index contributed by atoms with van der Waals surface area (Å²) in [5.41, 5.74) is 4.11. The van der Waals surface area contributed by atoms with Gasteiger partial charge in [-0.3, -0.25) is 10.1 Å². The number of likely N-dealkylation sites (N-methyl/N-ethyl adjacent to an activating group) is 1. The van der Waals surface area contributed by atoms with E-state index in [9.17, 15) is 36.1 Å². The van der Waals surface area contributed by atoms with Gasteiger partial charge in [0.25, 0.3) is 5.69 Å². The van der Waals surface area contributed by atoms with Crippen molar-refractivity contribution >= 4 is 28.1 Å². The first-order chi connectivity index (χ1) is 13.4. The smallest absolute Gasteiger partial charge is 0.323 e. The summed E-state index contributed by atoms with van der Waals surface area (Å²) in [6.45, 7) is 0.993. The summed E-state index contributed by atoms with van der Waals surface area (Å²) < 4.78 is 78.6. The van der Waals surface area contributed by atoms with Crippen LogP contribution in [0, 0.1) is 15.9 Å². The molecule has 2 N–H and O–H groups in total. The Morgan fingerprint density at radius 2 is 1.73 bits per heavy atom. The van der Waals surface area contributed by atoms with E-state index in [0.29, 0.717) is 12.1 Å². The maximum atomic E-state index is 13.6. The number of benzene rings is 2. The molecule has 0 fully saturated rings. The molecular weight excluding hydrogens is 454 g/mol. The first-order valence-corrected chi connectivity index (χ1v) is 9.68. The van der Waals surface area contributed by atoms with Crippen LogP contribution in [0.2, 0.25) is 0 Å². The second kappa shape index (κ2) is 9.69. The number of rotatable bonds is 7. The third-order valence-electron chi connectivity index (χ3n) is 4.11. The molecule has 0 heterocycles. The van der Waals surface area contributed by atoms with E-state index >= 15 is 0 Å². The molecule has 0 saturated carbocycles. The minimum Gasteiger partial charge on any atom is -0.323 e. The normalized spacial score (nSPS) is 13.0. The van der Waals surface area contributed by atoms with Crippen molar-refractivity contribution in [1.82, 2.24) is 4.31 Å². The third-order valence-corrected chi connectivity index (χ3v) is 6.07. The van der Waals surface area contributed by atoms with Crippen LogP contribution in [0.25, 0.3) is 0 Å². The van der Waals surface area contributed by atoms with Crippen LogP contribution in [-0.4, -0.2) is 30.7 Å². The number of hydrogen-bond acceptors (Lipinski definition) is 5. The Morgan fingerprint density at radius 1 is 1.17 bits per heavy atom. The van der Waals surface area contributed by atoms with Gasteiger partial charge in [0.2, 0.25) is 10.0 Å². The molecule has 0 saturated heterocycles. The molecule has 0 radical (unpaired) electrons. The zero-order valence-electron chi connectivity index (χ0n) is 15.5. The lowest BCUT2D eigenvalue weighted by molar-refractivity contribution is -0.384. The fourth-order valence-corrected chi connectivity index (χ4v) is 4.08. The molecule has 1 atom stereocenters. The summed E-state index contributed by atoms with van der Waals surface area (Å²) in [6.07, 6.45) is -4.79. The topological polar surface area (TPSA) is 107 Å². The zero-order valence-corrected chi connectivity index (χ0v) is 17.1. The largest absolute Gasteiger partial charge is 0.416 e. The van der Waals surface area contributed by atoms with Crippen molar-refractivity contribution in [1.29, 1.82) is 0 Å². The van der Waals surface area contributed by atoms with Gasteiger partial charge in [0, 0.05) is 31.3 Å². The highest BCUT2D eigenvalue weighted by Crippen LogP contribution is 2.32. The van der Waals surface area contributed by atoms with Crippen LogP contribution in [-0.2, 0) is 16.2 Å². The van der Waals surface area contributed by atoms with Crippen molar-refractivity contribution in [2.75, 3.05) is 13.1 Å². The molecule has 0 aliphatic heterocycles. The second-order valence-corrected chi connectivity index (χ2v) is 8.02. The van der Waals surface area contributed by atoms with E-state index in [4.69, 9.17) is 5.73 Å². The van der Waals surface area contributed by atoms with E-state index < -0.39 is 45.1 Å². The minimum absolute atomic E-state index is 0. The van der Waals surface area contributed by atoms with Gasteiger partial charge < -0.3 is 5.73 Å². The number of sulfonamides is 1.